The smallest absolute Gasteiger partial charge is 0.284 e. The number of methoxy groups -OCH3 is 1. The molecule has 2 aromatic carbocycles. The SMILES string of the molecule is C=CCN1C(=O)/C(=C/c2cccc(OC)c2)SC1=NS(=O)(=O)c1ccc(Br)cc1. The van der Waals surface area contributed by atoms with E-state index in [1.807, 2.05) is 12.1 Å². The lowest BCUT2D eigenvalue weighted by atomic mass is 10.2. The minimum absolute atomic E-state index is 0.0463. The van der Waals surface area contributed by atoms with Crippen LogP contribution >= 0.6 is 27.7 Å². The molecule has 150 valence electrons. The first-order valence-corrected chi connectivity index (χ1v) is 11.5. The van der Waals surface area contributed by atoms with Crippen LogP contribution < -0.4 is 4.74 Å². The molecule has 1 heterocycles. The molecule has 1 amide bonds. The fraction of sp³-hybridized carbons (Fsp3) is 0.100. The maximum Gasteiger partial charge on any atom is 0.284 e. The van der Waals surface area contributed by atoms with E-state index in [0.29, 0.717) is 10.7 Å². The van der Waals surface area contributed by atoms with Crippen molar-refractivity contribution in [1.29, 1.82) is 0 Å². The van der Waals surface area contributed by atoms with Crippen molar-refractivity contribution in [3.8, 4) is 5.75 Å². The summed E-state index contributed by atoms with van der Waals surface area (Å²) in [5, 5.41) is 0.0898. The Morgan fingerprint density at radius 1 is 1.24 bits per heavy atom. The molecule has 6 nitrogen and oxygen atoms in total. The van der Waals surface area contributed by atoms with E-state index >= 15 is 0 Å². The number of carbonyl (C=O) groups excluding carboxylic acids is 1. The third kappa shape index (κ3) is 4.98. The summed E-state index contributed by atoms with van der Waals surface area (Å²) < 4.78 is 35.2. The van der Waals surface area contributed by atoms with Gasteiger partial charge in [-0.1, -0.05) is 34.1 Å². The number of benzene rings is 2. The van der Waals surface area contributed by atoms with E-state index in [0.717, 1.165) is 21.8 Å². The van der Waals surface area contributed by atoms with E-state index in [1.54, 1.807) is 37.5 Å². The van der Waals surface area contributed by atoms with E-state index in [9.17, 15) is 13.2 Å². The van der Waals surface area contributed by atoms with Gasteiger partial charge in [0.05, 0.1) is 16.9 Å². The first-order valence-electron chi connectivity index (χ1n) is 8.41. The van der Waals surface area contributed by atoms with E-state index in [4.69, 9.17) is 4.74 Å². The van der Waals surface area contributed by atoms with Crippen LogP contribution in [-0.4, -0.2) is 38.0 Å². The van der Waals surface area contributed by atoms with E-state index in [1.165, 1.54) is 23.1 Å². The fourth-order valence-corrected chi connectivity index (χ4v) is 4.97. The summed E-state index contributed by atoms with van der Waals surface area (Å²) in [4.78, 5) is 14.5. The molecule has 3 rings (SSSR count). The van der Waals surface area contributed by atoms with Crippen molar-refractivity contribution in [3.05, 3.63) is 76.1 Å². The highest BCUT2D eigenvalue weighted by Crippen LogP contribution is 2.34. The predicted molar refractivity (Wildman–Crippen MR) is 119 cm³/mol. The first-order chi connectivity index (χ1) is 13.8. The van der Waals surface area contributed by atoms with Gasteiger partial charge in [0, 0.05) is 11.0 Å². The summed E-state index contributed by atoms with van der Waals surface area (Å²) in [6.07, 6.45) is 3.20. The summed E-state index contributed by atoms with van der Waals surface area (Å²) in [5.74, 6) is 0.326. The number of thioether (sulfide) groups is 1. The highest BCUT2D eigenvalue weighted by molar-refractivity contribution is 9.10. The molecule has 0 unspecified atom stereocenters. The molecular formula is C20H17BrN2O4S2. The van der Waals surface area contributed by atoms with Crippen LogP contribution in [0.5, 0.6) is 5.75 Å². The van der Waals surface area contributed by atoms with Gasteiger partial charge < -0.3 is 4.74 Å². The van der Waals surface area contributed by atoms with Gasteiger partial charge in [-0.25, -0.2) is 0 Å². The van der Waals surface area contributed by atoms with Gasteiger partial charge >= 0.3 is 0 Å². The molecule has 1 aliphatic heterocycles. The Morgan fingerprint density at radius 2 is 1.97 bits per heavy atom. The van der Waals surface area contributed by atoms with Gasteiger partial charge in [0.2, 0.25) is 0 Å². The summed E-state index contributed by atoms with van der Waals surface area (Å²) in [7, 11) is -2.41. The molecule has 2 aromatic rings. The van der Waals surface area contributed by atoms with E-state index < -0.39 is 10.0 Å². The Morgan fingerprint density at radius 3 is 2.62 bits per heavy atom. The second-order valence-electron chi connectivity index (χ2n) is 5.89. The minimum Gasteiger partial charge on any atom is -0.497 e. The van der Waals surface area contributed by atoms with Crippen molar-refractivity contribution in [2.24, 2.45) is 4.40 Å². The number of amidine groups is 1. The van der Waals surface area contributed by atoms with E-state index in [2.05, 4.69) is 26.9 Å². The maximum atomic E-state index is 12.8. The van der Waals surface area contributed by atoms with Crippen LogP contribution in [0.1, 0.15) is 5.56 Å². The van der Waals surface area contributed by atoms with Crippen LogP contribution in [0.2, 0.25) is 0 Å². The number of hydrogen-bond donors (Lipinski definition) is 0. The zero-order chi connectivity index (χ0) is 21.0. The van der Waals surface area contributed by atoms with Gasteiger partial charge in [-0.2, -0.15) is 8.42 Å². The minimum atomic E-state index is -3.97. The Bertz CT molecular complexity index is 1110. The van der Waals surface area contributed by atoms with Crippen molar-refractivity contribution < 1.29 is 17.9 Å². The number of sulfonamides is 1. The van der Waals surface area contributed by atoms with Crippen LogP contribution in [0.4, 0.5) is 0 Å². The predicted octanol–water partition coefficient (Wildman–Crippen LogP) is 4.30. The third-order valence-corrected chi connectivity index (χ3v) is 6.83. The number of nitrogens with zero attached hydrogens (tertiary/aromatic N) is 2. The van der Waals surface area contributed by atoms with Gasteiger partial charge in [0.15, 0.2) is 5.17 Å². The lowest BCUT2D eigenvalue weighted by molar-refractivity contribution is -0.121. The number of hydrogen-bond acceptors (Lipinski definition) is 5. The Labute approximate surface area is 182 Å². The molecule has 29 heavy (non-hydrogen) atoms. The Hall–Kier alpha value is -2.36. The van der Waals surface area contributed by atoms with Gasteiger partial charge in [-0.05, 0) is 59.8 Å². The molecule has 0 N–H and O–H groups in total. The molecule has 0 atom stereocenters. The zero-order valence-corrected chi connectivity index (χ0v) is 18.6. The van der Waals surface area contributed by atoms with Gasteiger partial charge in [0.25, 0.3) is 15.9 Å². The van der Waals surface area contributed by atoms with Gasteiger partial charge in [-0.15, -0.1) is 11.0 Å². The van der Waals surface area contributed by atoms with Crippen molar-refractivity contribution >= 4 is 54.9 Å². The first kappa shape index (κ1) is 21.4. The monoisotopic (exact) mass is 492 g/mol. The zero-order valence-electron chi connectivity index (χ0n) is 15.4. The largest absolute Gasteiger partial charge is 0.497 e. The van der Waals surface area contributed by atoms with Crippen LogP contribution in [-0.2, 0) is 14.8 Å². The second kappa shape index (κ2) is 8.98. The highest BCUT2D eigenvalue weighted by atomic mass is 79.9. The number of halogens is 1. The lowest BCUT2D eigenvalue weighted by Crippen LogP contribution is -2.29. The van der Waals surface area contributed by atoms with Crippen LogP contribution in [0.25, 0.3) is 6.08 Å². The fourth-order valence-electron chi connectivity index (χ4n) is 2.51. The Kier molecular flexibility index (Phi) is 6.61. The highest BCUT2D eigenvalue weighted by Gasteiger charge is 2.34. The lowest BCUT2D eigenvalue weighted by Gasteiger charge is -2.12. The number of ether oxygens (including phenoxy) is 1. The van der Waals surface area contributed by atoms with Crippen LogP contribution in [0.15, 0.2) is 79.9 Å². The number of rotatable bonds is 6. The van der Waals surface area contributed by atoms with Crippen molar-refractivity contribution in [1.82, 2.24) is 4.90 Å². The molecule has 0 bridgehead atoms. The maximum absolute atomic E-state index is 12.8. The molecule has 9 heteroatoms. The van der Waals surface area contributed by atoms with Gasteiger partial charge in [0.1, 0.15) is 5.75 Å². The molecule has 1 saturated heterocycles. The molecule has 1 fully saturated rings. The molecule has 0 saturated carbocycles. The second-order valence-corrected chi connectivity index (χ2v) is 9.42. The molecule has 0 radical (unpaired) electrons. The molecule has 0 spiro atoms. The normalized spacial score (nSPS) is 17.2. The average Bonchev–Trinajstić information content (AvgIpc) is 2.97. The Balaban J connectivity index is 1.98. The molecule has 0 aliphatic carbocycles. The molecular weight excluding hydrogens is 476 g/mol. The molecule has 1 aliphatic rings. The third-order valence-electron chi connectivity index (χ3n) is 3.90. The summed E-state index contributed by atoms with van der Waals surface area (Å²) >= 11 is 4.28. The number of carbonyl (C=O) groups is 1. The summed E-state index contributed by atoms with van der Waals surface area (Å²) in [6, 6.07) is 13.4. The number of amides is 1. The standard InChI is InChI=1S/C20H17BrN2O4S2/c1-3-11-23-19(24)18(13-14-5-4-6-16(12-14)27-2)28-20(23)22-29(25,26)17-9-7-15(21)8-10-17/h3-10,12-13H,1,11H2,2H3/b18-13-,22-20?. The van der Waals surface area contributed by atoms with Crippen molar-refractivity contribution in [3.63, 3.8) is 0 Å². The topological polar surface area (TPSA) is 76.0 Å². The molecule has 0 aromatic heterocycles. The van der Waals surface area contributed by atoms with Crippen molar-refractivity contribution in [2.75, 3.05) is 13.7 Å². The van der Waals surface area contributed by atoms with E-state index in [-0.39, 0.29) is 22.5 Å². The van der Waals surface area contributed by atoms with Crippen molar-refractivity contribution in [2.45, 2.75) is 4.90 Å². The van der Waals surface area contributed by atoms with Crippen LogP contribution in [0.3, 0.4) is 0 Å². The summed E-state index contributed by atoms with van der Waals surface area (Å²) in [6.45, 7) is 3.79. The van der Waals surface area contributed by atoms with Crippen LogP contribution in [0, 0.1) is 0 Å². The van der Waals surface area contributed by atoms with Gasteiger partial charge in [-0.3, -0.25) is 9.69 Å². The summed E-state index contributed by atoms with van der Waals surface area (Å²) in [5.41, 5.74) is 0.760. The quantitative estimate of drug-likeness (QED) is 0.443. The average molecular weight is 493 g/mol.